The molecule has 0 radical (unpaired) electrons. The van der Waals surface area contributed by atoms with Gasteiger partial charge in [0.1, 0.15) is 0 Å². The number of anilines is 1. The largest absolute Gasteiger partial charge is 0.381 e. The Bertz CT molecular complexity index is 369. The van der Waals surface area contributed by atoms with Crippen LogP contribution in [0.1, 0.15) is 11.4 Å². The second kappa shape index (κ2) is 5.51. The summed E-state index contributed by atoms with van der Waals surface area (Å²) in [6.45, 7) is 10.0. The normalized spacial score (nSPS) is 17.4. The Morgan fingerprint density at radius 2 is 2.00 bits per heavy atom. The molecular weight excluding hydrogens is 216 g/mol. The van der Waals surface area contributed by atoms with Crippen molar-refractivity contribution in [2.75, 3.05) is 44.7 Å². The topological polar surface area (TPSA) is 42.3 Å². The highest BCUT2D eigenvalue weighted by molar-refractivity contribution is 5.51. The van der Waals surface area contributed by atoms with Crippen molar-refractivity contribution in [3.05, 3.63) is 11.4 Å². The molecule has 0 atom stereocenters. The molecule has 2 rings (SSSR count). The van der Waals surface area contributed by atoms with E-state index in [2.05, 4.69) is 22.2 Å². The predicted octanol–water partition coefficient (Wildman–Crippen LogP) is 0.781. The molecule has 1 aromatic rings. The van der Waals surface area contributed by atoms with Gasteiger partial charge < -0.3 is 10.1 Å². The lowest BCUT2D eigenvalue weighted by Crippen LogP contribution is -2.39. The standard InChI is InChI=1S/C12H22N4O/c1-10-12(11(2)15(3)14-10)13-4-5-16-6-8-17-9-7-16/h13H,4-9H2,1-3H3. The van der Waals surface area contributed by atoms with Crippen LogP contribution < -0.4 is 5.32 Å². The zero-order chi connectivity index (χ0) is 12.3. The molecule has 1 aliphatic heterocycles. The Balaban J connectivity index is 1.81. The van der Waals surface area contributed by atoms with E-state index in [0.29, 0.717) is 0 Å². The fraction of sp³-hybridized carbons (Fsp3) is 0.750. The molecule has 0 spiro atoms. The molecule has 1 saturated heterocycles. The van der Waals surface area contributed by atoms with Crippen LogP contribution in [-0.4, -0.2) is 54.1 Å². The van der Waals surface area contributed by atoms with Gasteiger partial charge >= 0.3 is 0 Å². The minimum atomic E-state index is 0.866. The third-order valence-electron chi connectivity index (χ3n) is 3.34. The van der Waals surface area contributed by atoms with Crippen LogP contribution in [0.3, 0.4) is 0 Å². The number of aromatic nitrogens is 2. The molecule has 17 heavy (non-hydrogen) atoms. The van der Waals surface area contributed by atoms with Crippen LogP contribution in [0.15, 0.2) is 0 Å². The lowest BCUT2D eigenvalue weighted by atomic mass is 10.3. The van der Waals surface area contributed by atoms with Crippen molar-refractivity contribution in [1.82, 2.24) is 14.7 Å². The van der Waals surface area contributed by atoms with Crippen LogP contribution in [0.4, 0.5) is 5.69 Å². The van der Waals surface area contributed by atoms with Crippen molar-refractivity contribution >= 4 is 5.69 Å². The monoisotopic (exact) mass is 238 g/mol. The summed E-state index contributed by atoms with van der Waals surface area (Å²) in [5.74, 6) is 0. The maximum absolute atomic E-state index is 5.33. The molecule has 96 valence electrons. The maximum atomic E-state index is 5.33. The predicted molar refractivity (Wildman–Crippen MR) is 68.4 cm³/mol. The fourth-order valence-corrected chi connectivity index (χ4v) is 2.19. The van der Waals surface area contributed by atoms with Gasteiger partial charge in [0.2, 0.25) is 0 Å². The van der Waals surface area contributed by atoms with Crippen molar-refractivity contribution in [3.63, 3.8) is 0 Å². The van der Waals surface area contributed by atoms with E-state index in [1.165, 1.54) is 11.4 Å². The SMILES string of the molecule is Cc1nn(C)c(C)c1NCCN1CCOCC1. The van der Waals surface area contributed by atoms with Gasteiger partial charge in [-0.05, 0) is 13.8 Å². The number of morpholine rings is 1. The third-order valence-corrected chi connectivity index (χ3v) is 3.34. The first-order valence-electron chi connectivity index (χ1n) is 6.22. The number of hydrogen-bond acceptors (Lipinski definition) is 4. The highest BCUT2D eigenvalue weighted by Gasteiger charge is 2.11. The number of hydrogen-bond donors (Lipinski definition) is 1. The summed E-state index contributed by atoms with van der Waals surface area (Å²) in [6, 6.07) is 0. The van der Waals surface area contributed by atoms with Crippen molar-refractivity contribution in [2.24, 2.45) is 7.05 Å². The molecule has 0 amide bonds. The summed E-state index contributed by atoms with van der Waals surface area (Å²) >= 11 is 0. The van der Waals surface area contributed by atoms with Gasteiger partial charge in [-0.15, -0.1) is 0 Å². The number of ether oxygens (including phenoxy) is 1. The van der Waals surface area contributed by atoms with E-state index in [4.69, 9.17) is 4.74 Å². The average Bonchev–Trinajstić information content (AvgIpc) is 2.57. The third kappa shape index (κ3) is 2.98. The first-order valence-corrected chi connectivity index (χ1v) is 6.22. The Morgan fingerprint density at radius 1 is 1.29 bits per heavy atom. The van der Waals surface area contributed by atoms with Gasteiger partial charge in [0, 0.05) is 33.2 Å². The van der Waals surface area contributed by atoms with Crippen molar-refractivity contribution in [1.29, 1.82) is 0 Å². The molecular formula is C12H22N4O. The summed E-state index contributed by atoms with van der Waals surface area (Å²) in [6.07, 6.45) is 0. The van der Waals surface area contributed by atoms with Crippen LogP contribution in [0.2, 0.25) is 0 Å². The van der Waals surface area contributed by atoms with Crippen LogP contribution in [0, 0.1) is 13.8 Å². The Morgan fingerprint density at radius 3 is 2.59 bits per heavy atom. The van der Waals surface area contributed by atoms with E-state index in [1.54, 1.807) is 0 Å². The summed E-state index contributed by atoms with van der Waals surface area (Å²) < 4.78 is 7.25. The van der Waals surface area contributed by atoms with Crippen LogP contribution in [0.5, 0.6) is 0 Å². The molecule has 1 N–H and O–H groups in total. The average molecular weight is 238 g/mol. The Labute approximate surface area is 103 Å². The van der Waals surface area contributed by atoms with E-state index in [0.717, 1.165) is 45.1 Å². The molecule has 1 aromatic heterocycles. The summed E-state index contributed by atoms with van der Waals surface area (Å²) in [5, 5.41) is 7.88. The number of nitrogens with one attached hydrogen (secondary N) is 1. The summed E-state index contributed by atoms with van der Waals surface area (Å²) in [4.78, 5) is 2.43. The summed E-state index contributed by atoms with van der Waals surface area (Å²) in [7, 11) is 1.98. The van der Waals surface area contributed by atoms with Gasteiger partial charge in [0.15, 0.2) is 0 Å². The van der Waals surface area contributed by atoms with E-state index < -0.39 is 0 Å². The Kier molecular flexibility index (Phi) is 4.02. The van der Waals surface area contributed by atoms with Crippen LogP contribution in [-0.2, 0) is 11.8 Å². The molecule has 0 unspecified atom stereocenters. The first kappa shape index (κ1) is 12.4. The molecule has 5 heteroatoms. The molecule has 2 heterocycles. The van der Waals surface area contributed by atoms with Crippen molar-refractivity contribution in [3.8, 4) is 0 Å². The number of rotatable bonds is 4. The highest BCUT2D eigenvalue weighted by atomic mass is 16.5. The molecule has 0 aromatic carbocycles. The van der Waals surface area contributed by atoms with E-state index in [9.17, 15) is 0 Å². The minimum absolute atomic E-state index is 0.866. The highest BCUT2D eigenvalue weighted by Crippen LogP contribution is 2.17. The molecule has 0 aliphatic carbocycles. The minimum Gasteiger partial charge on any atom is -0.381 e. The molecule has 0 bridgehead atoms. The Hall–Kier alpha value is -1.07. The quantitative estimate of drug-likeness (QED) is 0.842. The van der Waals surface area contributed by atoms with E-state index >= 15 is 0 Å². The van der Waals surface area contributed by atoms with Gasteiger partial charge in [-0.1, -0.05) is 0 Å². The second-order valence-electron chi connectivity index (χ2n) is 4.55. The number of aryl methyl sites for hydroxylation is 2. The van der Waals surface area contributed by atoms with Gasteiger partial charge in [0.25, 0.3) is 0 Å². The van der Waals surface area contributed by atoms with Crippen molar-refractivity contribution < 1.29 is 4.74 Å². The lowest BCUT2D eigenvalue weighted by Gasteiger charge is -2.26. The second-order valence-corrected chi connectivity index (χ2v) is 4.55. The molecule has 0 saturated carbocycles. The smallest absolute Gasteiger partial charge is 0.0827 e. The van der Waals surface area contributed by atoms with Crippen molar-refractivity contribution in [2.45, 2.75) is 13.8 Å². The first-order chi connectivity index (χ1) is 8.18. The van der Waals surface area contributed by atoms with Gasteiger partial charge in [-0.2, -0.15) is 5.10 Å². The molecule has 1 fully saturated rings. The molecule has 1 aliphatic rings. The zero-order valence-electron chi connectivity index (χ0n) is 11.0. The zero-order valence-corrected chi connectivity index (χ0v) is 11.0. The number of nitrogens with zero attached hydrogens (tertiary/aromatic N) is 3. The summed E-state index contributed by atoms with van der Waals surface area (Å²) in [5.41, 5.74) is 3.46. The van der Waals surface area contributed by atoms with Crippen LogP contribution >= 0.6 is 0 Å². The lowest BCUT2D eigenvalue weighted by molar-refractivity contribution is 0.0398. The fourth-order valence-electron chi connectivity index (χ4n) is 2.19. The van der Waals surface area contributed by atoms with E-state index in [-0.39, 0.29) is 0 Å². The molecule has 5 nitrogen and oxygen atoms in total. The van der Waals surface area contributed by atoms with E-state index in [1.807, 2.05) is 18.7 Å². The van der Waals surface area contributed by atoms with Gasteiger partial charge in [0.05, 0.1) is 30.3 Å². The maximum Gasteiger partial charge on any atom is 0.0827 e. The van der Waals surface area contributed by atoms with Gasteiger partial charge in [-0.25, -0.2) is 0 Å². The van der Waals surface area contributed by atoms with Gasteiger partial charge in [-0.3, -0.25) is 9.58 Å². The van der Waals surface area contributed by atoms with Crippen LogP contribution in [0.25, 0.3) is 0 Å².